The van der Waals surface area contributed by atoms with E-state index in [4.69, 9.17) is 4.98 Å². The van der Waals surface area contributed by atoms with Crippen LogP contribution in [-0.2, 0) is 0 Å². The van der Waals surface area contributed by atoms with Crippen molar-refractivity contribution in [3.63, 3.8) is 0 Å². The number of aromatic nitrogens is 2. The highest BCUT2D eigenvalue weighted by Crippen LogP contribution is 2.29. The van der Waals surface area contributed by atoms with Gasteiger partial charge in [-0.05, 0) is 60.9 Å². The van der Waals surface area contributed by atoms with E-state index in [1.165, 1.54) is 24.2 Å². The van der Waals surface area contributed by atoms with Gasteiger partial charge < -0.3 is 5.32 Å². The lowest BCUT2D eigenvalue weighted by Crippen LogP contribution is -2.27. The molecule has 0 bridgehead atoms. The molecule has 0 aliphatic carbocycles. The standard InChI is InChI=1S/C13H16BrN3/c1-9-13(10-5-7-15-8-6-10)16-12-4-2-3-11(14)17(9)12/h2-4,10,15H,5-8H2,1H3. The summed E-state index contributed by atoms with van der Waals surface area (Å²) in [5.74, 6) is 0.614. The van der Waals surface area contributed by atoms with E-state index in [2.05, 4.69) is 44.7 Å². The van der Waals surface area contributed by atoms with Gasteiger partial charge in [0.25, 0.3) is 0 Å². The lowest BCUT2D eigenvalue weighted by molar-refractivity contribution is 0.453. The molecule has 0 spiro atoms. The first kappa shape index (κ1) is 11.2. The Morgan fingerprint density at radius 2 is 2.12 bits per heavy atom. The van der Waals surface area contributed by atoms with E-state index < -0.39 is 0 Å². The first-order valence-electron chi connectivity index (χ1n) is 6.11. The van der Waals surface area contributed by atoms with Gasteiger partial charge in [0.2, 0.25) is 0 Å². The Kier molecular flexibility index (Phi) is 2.92. The molecule has 1 fully saturated rings. The Hall–Kier alpha value is -0.870. The monoisotopic (exact) mass is 293 g/mol. The molecule has 0 unspecified atom stereocenters. The van der Waals surface area contributed by atoms with Crippen molar-refractivity contribution < 1.29 is 0 Å². The van der Waals surface area contributed by atoms with Crippen molar-refractivity contribution >= 4 is 21.6 Å². The molecule has 2 aromatic rings. The van der Waals surface area contributed by atoms with Gasteiger partial charge in [0.15, 0.2) is 0 Å². The second-order valence-corrected chi connectivity index (χ2v) is 5.46. The molecule has 0 aromatic carbocycles. The highest BCUT2D eigenvalue weighted by atomic mass is 79.9. The van der Waals surface area contributed by atoms with Crippen LogP contribution in [0.25, 0.3) is 5.65 Å². The summed E-state index contributed by atoms with van der Waals surface area (Å²) >= 11 is 3.60. The number of halogens is 1. The van der Waals surface area contributed by atoms with Crippen molar-refractivity contribution in [1.82, 2.24) is 14.7 Å². The molecule has 4 heteroatoms. The summed E-state index contributed by atoms with van der Waals surface area (Å²) < 4.78 is 3.28. The normalized spacial score (nSPS) is 17.8. The number of imidazole rings is 1. The fourth-order valence-electron chi connectivity index (χ4n) is 2.69. The molecule has 1 aliphatic heterocycles. The van der Waals surface area contributed by atoms with Gasteiger partial charge in [-0.3, -0.25) is 4.40 Å². The van der Waals surface area contributed by atoms with Gasteiger partial charge in [0, 0.05) is 11.6 Å². The van der Waals surface area contributed by atoms with E-state index in [0.717, 1.165) is 23.3 Å². The number of nitrogens with zero attached hydrogens (tertiary/aromatic N) is 2. The van der Waals surface area contributed by atoms with Crippen molar-refractivity contribution in [2.75, 3.05) is 13.1 Å². The van der Waals surface area contributed by atoms with Crippen LogP contribution in [0.3, 0.4) is 0 Å². The number of pyridine rings is 1. The number of hydrogen-bond acceptors (Lipinski definition) is 2. The van der Waals surface area contributed by atoms with Crippen LogP contribution in [0.4, 0.5) is 0 Å². The van der Waals surface area contributed by atoms with Gasteiger partial charge in [0.1, 0.15) is 5.65 Å². The lowest BCUT2D eigenvalue weighted by atomic mass is 9.94. The fraction of sp³-hybridized carbons (Fsp3) is 0.462. The topological polar surface area (TPSA) is 29.3 Å². The summed E-state index contributed by atoms with van der Waals surface area (Å²) in [5, 5.41) is 3.41. The van der Waals surface area contributed by atoms with Crippen molar-refractivity contribution in [2.45, 2.75) is 25.7 Å². The molecule has 0 amide bonds. The van der Waals surface area contributed by atoms with E-state index in [-0.39, 0.29) is 0 Å². The zero-order chi connectivity index (χ0) is 11.8. The molecule has 3 heterocycles. The minimum atomic E-state index is 0.614. The number of nitrogens with one attached hydrogen (secondary N) is 1. The molecule has 0 atom stereocenters. The molecule has 3 rings (SSSR count). The number of rotatable bonds is 1. The number of hydrogen-bond donors (Lipinski definition) is 1. The van der Waals surface area contributed by atoms with Crippen LogP contribution in [-0.4, -0.2) is 22.5 Å². The minimum absolute atomic E-state index is 0.614. The largest absolute Gasteiger partial charge is 0.317 e. The second kappa shape index (κ2) is 4.42. The highest BCUT2D eigenvalue weighted by Gasteiger charge is 2.21. The maximum atomic E-state index is 4.80. The third-order valence-corrected chi connectivity index (χ3v) is 4.21. The molecule has 0 saturated carbocycles. The van der Waals surface area contributed by atoms with E-state index >= 15 is 0 Å². The molecule has 17 heavy (non-hydrogen) atoms. The van der Waals surface area contributed by atoms with Crippen LogP contribution in [0.15, 0.2) is 22.8 Å². The first-order valence-corrected chi connectivity index (χ1v) is 6.91. The SMILES string of the molecule is Cc1c(C2CCNCC2)nc2cccc(Br)n12. The van der Waals surface area contributed by atoms with Crippen molar-refractivity contribution in [2.24, 2.45) is 0 Å². The van der Waals surface area contributed by atoms with E-state index in [1.54, 1.807) is 0 Å². The third kappa shape index (κ3) is 1.89. The summed E-state index contributed by atoms with van der Waals surface area (Å²) in [6, 6.07) is 6.17. The van der Waals surface area contributed by atoms with Gasteiger partial charge in [0.05, 0.1) is 10.3 Å². The molecule has 90 valence electrons. The summed E-state index contributed by atoms with van der Waals surface area (Å²) in [7, 11) is 0. The number of piperidine rings is 1. The molecule has 2 aromatic heterocycles. The van der Waals surface area contributed by atoms with Crippen molar-refractivity contribution in [1.29, 1.82) is 0 Å². The average Bonchev–Trinajstić information content (AvgIpc) is 2.69. The predicted octanol–water partition coefficient (Wildman–Crippen LogP) is 2.87. The molecule has 1 N–H and O–H groups in total. The van der Waals surface area contributed by atoms with Crippen LogP contribution >= 0.6 is 15.9 Å². The van der Waals surface area contributed by atoms with E-state index in [9.17, 15) is 0 Å². The minimum Gasteiger partial charge on any atom is -0.317 e. The number of aryl methyl sites for hydroxylation is 1. The smallest absolute Gasteiger partial charge is 0.138 e. The summed E-state index contributed by atoms with van der Waals surface area (Å²) in [6.07, 6.45) is 2.39. The molecule has 1 aliphatic rings. The zero-order valence-corrected chi connectivity index (χ0v) is 11.5. The molecular weight excluding hydrogens is 278 g/mol. The highest BCUT2D eigenvalue weighted by molar-refractivity contribution is 9.10. The summed E-state index contributed by atoms with van der Waals surface area (Å²) in [4.78, 5) is 4.80. The Bertz CT molecular complexity index is 541. The van der Waals surface area contributed by atoms with Gasteiger partial charge in [-0.15, -0.1) is 0 Å². The Morgan fingerprint density at radius 1 is 1.35 bits per heavy atom. The van der Waals surface area contributed by atoms with Gasteiger partial charge in [-0.25, -0.2) is 4.98 Å². The van der Waals surface area contributed by atoms with Crippen molar-refractivity contribution in [3.8, 4) is 0 Å². The molecule has 3 nitrogen and oxygen atoms in total. The van der Waals surface area contributed by atoms with Crippen LogP contribution in [0.1, 0.15) is 30.1 Å². The predicted molar refractivity (Wildman–Crippen MR) is 72.5 cm³/mol. The summed E-state index contributed by atoms with van der Waals surface area (Å²) in [6.45, 7) is 4.39. The Labute approximate surface area is 109 Å². The quantitative estimate of drug-likeness (QED) is 0.820. The fourth-order valence-corrected chi connectivity index (χ4v) is 3.29. The number of fused-ring (bicyclic) bond motifs is 1. The Balaban J connectivity index is 2.10. The zero-order valence-electron chi connectivity index (χ0n) is 9.91. The maximum absolute atomic E-state index is 4.80. The van der Waals surface area contributed by atoms with Gasteiger partial charge >= 0.3 is 0 Å². The van der Waals surface area contributed by atoms with Crippen LogP contribution in [0, 0.1) is 6.92 Å². The van der Waals surface area contributed by atoms with E-state index in [1.807, 2.05) is 6.07 Å². The maximum Gasteiger partial charge on any atom is 0.138 e. The van der Waals surface area contributed by atoms with Crippen LogP contribution < -0.4 is 5.32 Å². The van der Waals surface area contributed by atoms with Gasteiger partial charge in [-0.1, -0.05) is 6.07 Å². The van der Waals surface area contributed by atoms with Gasteiger partial charge in [-0.2, -0.15) is 0 Å². The first-order chi connectivity index (χ1) is 8.27. The second-order valence-electron chi connectivity index (χ2n) is 4.65. The summed E-state index contributed by atoms with van der Waals surface area (Å²) in [5.41, 5.74) is 3.60. The van der Waals surface area contributed by atoms with Crippen LogP contribution in [0.2, 0.25) is 0 Å². The Morgan fingerprint density at radius 3 is 2.82 bits per heavy atom. The third-order valence-electron chi connectivity index (χ3n) is 3.59. The average molecular weight is 294 g/mol. The lowest BCUT2D eigenvalue weighted by Gasteiger charge is -2.21. The van der Waals surface area contributed by atoms with E-state index in [0.29, 0.717) is 5.92 Å². The van der Waals surface area contributed by atoms with Crippen LogP contribution in [0.5, 0.6) is 0 Å². The molecule has 1 saturated heterocycles. The molecular formula is C13H16BrN3. The van der Waals surface area contributed by atoms with Crippen molar-refractivity contribution in [3.05, 3.63) is 34.2 Å². The molecule has 0 radical (unpaired) electrons.